The van der Waals surface area contributed by atoms with Crippen molar-refractivity contribution in [1.29, 1.82) is 0 Å². The third-order valence-corrected chi connectivity index (χ3v) is 2.03. The molecule has 1 nitrogen and oxygen atoms in total. The summed E-state index contributed by atoms with van der Waals surface area (Å²) in [5.41, 5.74) is 3.63. The van der Waals surface area contributed by atoms with Gasteiger partial charge in [0.25, 0.3) is 0 Å². The molecule has 0 unspecified atom stereocenters. The number of rotatable bonds is 1. The summed E-state index contributed by atoms with van der Waals surface area (Å²) in [5, 5.41) is -0.475. The first-order valence-corrected chi connectivity index (χ1v) is 4.25. The van der Waals surface area contributed by atoms with Crippen LogP contribution >= 0.6 is 11.6 Å². The Hall–Kier alpha value is -0.740. The second-order valence-electron chi connectivity index (χ2n) is 3.56. The fourth-order valence-corrected chi connectivity index (χ4v) is 1.33. The zero-order chi connectivity index (χ0) is 11.1. The summed E-state index contributed by atoms with van der Waals surface area (Å²) in [6.07, 6.45) is 0. The van der Waals surface area contributed by atoms with Crippen molar-refractivity contribution in [1.82, 2.24) is 0 Å². The molecule has 0 aliphatic rings. The lowest BCUT2D eigenvalue weighted by atomic mass is 9.94. The zero-order valence-corrected chi connectivity index (χ0v) is 8.42. The monoisotopic (exact) mass is 223 g/mol. The van der Waals surface area contributed by atoms with Crippen molar-refractivity contribution in [2.24, 2.45) is 5.73 Å². The van der Waals surface area contributed by atoms with Gasteiger partial charge in [-0.2, -0.15) is 0 Å². The fraction of sp³-hybridized carbons (Fsp3) is 0.333. The molecule has 0 radical (unpaired) electrons. The van der Waals surface area contributed by atoms with Gasteiger partial charge in [-0.25, -0.2) is 13.2 Å². The van der Waals surface area contributed by atoms with Gasteiger partial charge >= 0.3 is 0 Å². The highest BCUT2D eigenvalue weighted by molar-refractivity contribution is 6.30. The van der Waals surface area contributed by atoms with Crippen molar-refractivity contribution in [2.75, 3.05) is 0 Å². The number of benzene rings is 1. The average molecular weight is 224 g/mol. The quantitative estimate of drug-likeness (QED) is 0.728. The van der Waals surface area contributed by atoms with Gasteiger partial charge in [-0.15, -0.1) is 0 Å². The molecule has 0 atom stereocenters. The van der Waals surface area contributed by atoms with Gasteiger partial charge in [0.15, 0.2) is 11.6 Å². The molecule has 0 saturated carbocycles. The van der Waals surface area contributed by atoms with Gasteiger partial charge in [0.2, 0.25) is 0 Å². The molecule has 2 N–H and O–H groups in total. The fourth-order valence-electron chi connectivity index (χ4n) is 1.14. The summed E-state index contributed by atoms with van der Waals surface area (Å²) in [7, 11) is 0. The Balaban J connectivity index is 3.56. The number of hydrogen-bond acceptors (Lipinski definition) is 1. The van der Waals surface area contributed by atoms with Crippen molar-refractivity contribution < 1.29 is 13.2 Å². The molecule has 1 aromatic rings. The summed E-state index contributed by atoms with van der Waals surface area (Å²) in [6.45, 7) is 2.73. The summed E-state index contributed by atoms with van der Waals surface area (Å²) >= 11 is 5.36. The van der Waals surface area contributed by atoms with Crippen LogP contribution in [0.2, 0.25) is 5.02 Å². The summed E-state index contributed by atoms with van der Waals surface area (Å²) in [4.78, 5) is 0. The highest BCUT2D eigenvalue weighted by Crippen LogP contribution is 2.30. The predicted octanol–water partition coefficient (Wildman–Crippen LogP) is 2.95. The van der Waals surface area contributed by atoms with Crippen LogP contribution in [0.25, 0.3) is 0 Å². The first kappa shape index (κ1) is 11.3. The second kappa shape index (κ2) is 3.44. The van der Waals surface area contributed by atoms with Crippen LogP contribution in [0.15, 0.2) is 6.07 Å². The molecule has 0 aliphatic heterocycles. The number of hydrogen-bond donors (Lipinski definition) is 1. The van der Waals surface area contributed by atoms with Crippen LogP contribution in [0.5, 0.6) is 0 Å². The molecule has 0 fully saturated rings. The number of nitrogens with two attached hydrogens (primary N) is 1. The van der Waals surface area contributed by atoms with Crippen molar-refractivity contribution in [3.63, 3.8) is 0 Å². The molecule has 0 saturated heterocycles. The smallest absolute Gasteiger partial charge is 0.166 e. The van der Waals surface area contributed by atoms with Crippen LogP contribution in [0.4, 0.5) is 13.2 Å². The molecule has 0 heterocycles. The molecule has 14 heavy (non-hydrogen) atoms. The van der Waals surface area contributed by atoms with E-state index >= 15 is 0 Å². The lowest BCUT2D eigenvalue weighted by Gasteiger charge is -2.21. The Morgan fingerprint density at radius 1 is 1.21 bits per heavy atom. The van der Waals surface area contributed by atoms with E-state index in [1.807, 2.05) is 0 Å². The van der Waals surface area contributed by atoms with E-state index in [0.717, 1.165) is 0 Å². The van der Waals surface area contributed by atoms with Crippen LogP contribution in [-0.2, 0) is 5.54 Å². The standard InChI is InChI=1S/C9H9ClF3N/c1-9(2,14)6-7(12)4(10)3-5(11)8(6)13/h3H,14H2,1-2H3. The van der Waals surface area contributed by atoms with Crippen LogP contribution in [-0.4, -0.2) is 0 Å². The van der Waals surface area contributed by atoms with Crippen molar-refractivity contribution in [2.45, 2.75) is 19.4 Å². The minimum atomic E-state index is -1.32. The molecule has 0 amide bonds. The van der Waals surface area contributed by atoms with E-state index in [4.69, 9.17) is 17.3 Å². The molecule has 0 aromatic heterocycles. The minimum absolute atomic E-state index is 0.475. The molecular weight excluding hydrogens is 215 g/mol. The molecule has 1 aromatic carbocycles. The van der Waals surface area contributed by atoms with Gasteiger partial charge in [0.05, 0.1) is 5.02 Å². The third-order valence-electron chi connectivity index (χ3n) is 1.76. The first-order chi connectivity index (χ1) is 6.25. The van der Waals surface area contributed by atoms with Crippen LogP contribution < -0.4 is 5.73 Å². The lowest BCUT2D eigenvalue weighted by molar-refractivity contribution is 0.426. The molecular formula is C9H9ClF3N. The molecule has 78 valence electrons. The van der Waals surface area contributed by atoms with Crippen LogP contribution in [0, 0.1) is 17.5 Å². The summed E-state index contributed by atoms with van der Waals surface area (Å²) < 4.78 is 39.4. The molecule has 5 heteroatoms. The second-order valence-corrected chi connectivity index (χ2v) is 3.97. The van der Waals surface area contributed by atoms with E-state index in [0.29, 0.717) is 6.07 Å². The van der Waals surface area contributed by atoms with E-state index in [2.05, 4.69) is 0 Å². The third kappa shape index (κ3) is 1.86. The van der Waals surface area contributed by atoms with E-state index in [1.165, 1.54) is 13.8 Å². The Bertz CT molecular complexity index is 345. The van der Waals surface area contributed by atoms with E-state index in [-0.39, 0.29) is 0 Å². The van der Waals surface area contributed by atoms with E-state index in [1.54, 1.807) is 0 Å². The Kier molecular flexibility index (Phi) is 2.78. The van der Waals surface area contributed by atoms with Gasteiger partial charge in [0, 0.05) is 11.1 Å². The maximum absolute atomic E-state index is 13.3. The Morgan fingerprint density at radius 2 is 1.71 bits per heavy atom. The normalized spacial score (nSPS) is 11.9. The maximum atomic E-state index is 13.3. The van der Waals surface area contributed by atoms with E-state index < -0.39 is 33.6 Å². The predicted molar refractivity (Wildman–Crippen MR) is 48.5 cm³/mol. The molecule has 1 rings (SSSR count). The molecule has 0 spiro atoms. The van der Waals surface area contributed by atoms with Gasteiger partial charge in [-0.05, 0) is 19.9 Å². The van der Waals surface area contributed by atoms with Crippen molar-refractivity contribution >= 4 is 11.6 Å². The highest BCUT2D eigenvalue weighted by Gasteiger charge is 2.27. The van der Waals surface area contributed by atoms with Gasteiger partial charge in [-0.1, -0.05) is 11.6 Å². The maximum Gasteiger partial charge on any atom is 0.166 e. The number of halogens is 4. The van der Waals surface area contributed by atoms with E-state index in [9.17, 15) is 13.2 Å². The minimum Gasteiger partial charge on any atom is -0.322 e. The first-order valence-electron chi connectivity index (χ1n) is 3.87. The average Bonchev–Trinajstić information content (AvgIpc) is 1.98. The van der Waals surface area contributed by atoms with Gasteiger partial charge in [0.1, 0.15) is 5.82 Å². The van der Waals surface area contributed by atoms with Crippen LogP contribution in [0.1, 0.15) is 19.4 Å². The Labute approximate surface area is 84.7 Å². The molecule has 0 aliphatic carbocycles. The summed E-state index contributed by atoms with van der Waals surface area (Å²) in [6, 6.07) is 0.585. The Morgan fingerprint density at radius 3 is 2.14 bits per heavy atom. The van der Waals surface area contributed by atoms with Crippen molar-refractivity contribution in [3.8, 4) is 0 Å². The summed E-state index contributed by atoms with van der Waals surface area (Å²) in [5.74, 6) is -3.51. The zero-order valence-electron chi connectivity index (χ0n) is 7.67. The molecule has 0 bridgehead atoms. The van der Waals surface area contributed by atoms with Gasteiger partial charge < -0.3 is 5.73 Å². The SMILES string of the molecule is CC(C)(N)c1c(F)c(F)cc(Cl)c1F. The lowest BCUT2D eigenvalue weighted by Crippen LogP contribution is -2.31. The van der Waals surface area contributed by atoms with Gasteiger partial charge in [-0.3, -0.25) is 0 Å². The van der Waals surface area contributed by atoms with Crippen molar-refractivity contribution in [3.05, 3.63) is 34.1 Å². The van der Waals surface area contributed by atoms with Crippen LogP contribution in [0.3, 0.4) is 0 Å². The largest absolute Gasteiger partial charge is 0.322 e. The topological polar surface area (TPSA) is 26.0 Å². The highest BCUT2D eigenvalue weighted by atomic mass is 35.5.